The molecule has 0 rings (SSSR count). The fourth-order valence-electron chi connectivity index (χ4n) is 0.597. The predicted molar refractivity (Wildman–Crippen MR) is 48.7 cm³/mol. The molecular weight excluding hydrogens is 222 g/mol. The SMILES string of the molecule is CC(=O)OC(C#N)C(C)(C)CBr. The Labute approximate surface area is 80.8 Å². The Morgan fingerprint density at radius 2 is 2.25 bits per heavy atom. The number of halogens is 1. The minimum Gasteiger partial charge on any atom is -0.447 e. The predicted octanol–water partition coefficient (Wildman–Crippen LogP) is 1.86. The number of ether oxygens (including phenoxy) is 1. The van der Waals surface area contributed by atoms with E-state index in [0.29, 0.717) is 5.33 Å². The normalized spacial score (nSPS) is 13.2. The summed E-state index contributed by atoms with van der Waals surface area (Å²) in [4.78, 5) is 10.6. The summed E-state index contributed by atoms with van der Waals surface area (Å²) in [5, 5.41) is 9.31. The standard InChI is InChI=1S/C8H12BrNO2/c1-6(11)12-7(4-10)8(2,3)5-9/h7H,5H2,1-3H3. The molecule has 0 aromatic heterocycles. The second-order valence-electron chi connectivity index (χ2n) is 3.24. The largest absolute Gasteiger partial charge is 0.447 e. The van der Waals surface area contributed by atoms with Crippen molar-refractivity contribution in [2.75, 3.05) is 5.33 Å². The second kappa shape index (κ2) is 4.46. The van der Waals surface area contributed by atoms with Gasteiger partial charge in [-0.2, -0.15) is 5.26 Å². The summed E-state index contributed by atoms with van der Waals surface area (Å²) in [5.41, 5.74) is -0.347. The highest BCUT2D eigenvalue weighted by Crippen LogP contribution is 2.25. The average molecular weight is 234 g/mol. The van der Waals surface area contributed by atoms with E-state index in [1.165, 1.54) is 6.92 Å². The maximum absolute atomic E-state index is 10.6. The van der Waals surface area contributed by atoms with Crippen LogP contribution in [0.3, 0.4) is 0 Å². The van der Waals surface area contributed by atoms with Gasteiger partial charge in [0, 0.05) is 17.7 Å². The van der Waals surface area contributed by atoms with Crippen molar-refractivity contribution in [2.24, 2.45) is 5.41 Å². The Hall–Kier alpha value is -0.560. The molecule has 1 unspecified atom stereocenters. The third-order valence-electron chi connectivity index (χ3n) is 1.46. The average Bonchev–Trinajstić information content (AvgIpc) is 1.99. The molecule has 0 spiro atoms. The molecule has 0 bridgehead atoms. The zero-order valence-electron chi connectivity index (χ0n) is 7.43. The van der Waals surface area contributed by atoms with Crippen molar-refractivity contribution >= 4 is 21.9 Å². The summed E-state index contributed by atoms with van der Waals surface area (Å²) in [6, 6.07) is 1.95. The molecule has 0 aliphatic carbocycles. The van der Waals surface area contributed by atoms with Crippen LogP contribution < -0.4 is 0 Å². The number of carbonyl (C=O) groups is 1. The minimum atomic E-state index is -0.686. The zero-order valence-corrected chi connectivity index (χ0v) is 9.01. The van der Waals surface area contributed by atoms with Gasteiger partial charge in [0.2, 0.25) is 0 Å². The van der Waals surface area contributed by atoms with Gasteiger partial charge < -0.3 is 4.74 Å². The van der Waals surface area contributed by atoms with E-state index in [0.717, 1.165) is 0 Å². The van der Waals surface area contributed by atoms with Crippen molar-refractivity contribution < 1.29 is 9.53 Å². The summed E-state index contributed by atoms with van der Waals surface area (Å²) >= 11 is 3.26. The van der Waals surface area contributed by atoms with E-state index < -0.39 is 12.1 Å². The molecule has 0 aliphatic rings. The minimum absolute atomic E-state index is 0.347. The lowest BCUT2D eigenvalue weighted by Gasteiger charge is -2.26. The second-order valence-corrected chi connectivity index (χ2v) is 3.80. The quantitative estimate of drug-likeness (QED) is 0.553. The van der Waals surface area contributed by atoms with Gasteiger partial charge in [-0.1, -0.05) is 29.8 Å². The molecule has 0 aromatic carbocycles. The van der Waals surface area contributed by atoms with E-state index in [2.05, 4.69) is 15.9 Å². The topological polar surface area (TPSA) is 50.1 Å². The smallest absolute Gasteiger partial charge is 0.303 e. The number of nitrogens with zero attached hydrogens (tertiary/aromatic N) is 1. The molecular formula is C8H12BrNO2. The lowest BCUT2D eigenvalue weighted by atomic mass is 9.90. The molecule has 0 aromatic rings. The Morgan fingerprint density at radius 1 is 1.75 bits per heavy atom. The van der Waals surface area contributed by atoms with Gasteiger partial charge in [0.05, 0.1) is 0 Å². The maximum Gasteiger partial charge on any atom is 0.303 e. The Balaban J connectivity index is 4.36. The number of rotatable bonds is 3. The van der Waals surface area contributed by atoms with E-state index in [1.807, 2.05) is 19.9 Å². The number of alkyl halides is 1. The molecule has 0 radical (unpaired) electrons. The number of carbonyl (C=O) groups excluding carboxylic acids is 1. The van der Waals surface area contributed by atoms with Crippen LogP contribution in [0.1, 0.15) is 20.8 Å². The molecule has 4 heteroatoms. The van der Waals surface area contributed by atoms with Gasteiger partial charge in [-0.25, -0.2) is 0 Å². The third-order valence-corrected chi connectivity index (χ3v) is 2.90. The van der Waals surface area contributed by atoms with E-state index in [9.17, 15) is 4.79 Å². The molecule has 0 saturated carbocycles. The van der Waals surface area contributed by atoms with Crippen LogP contribution in [-0.2, 0) is 9.53 Å². The van der Waals surface area contributed by atoms with Crippen molar-refractivity contribution in [3.63, 3.8) is 0 Å². The van der Waals surface area contributed by atoms with Gasteiger partial charge in [0.25, 0.3) is 0 Å². The first-order valence-corrected chi connectivity index (χ1v) is 4.69. The van der Waals surface area contributed by atoms with Crippen LogP contribution in [0.15, 0.2) is 0 Å². The molecule has 0 heterocycles. The number of nitriles is 1. The lowest BCUT2D eigenvalue weighted by molar-refractivity contribution is -0.147. The highest BCUT2D eigenvalue weighted by Gasteiger charge is 2.30. The van der Waals surface area contributed by atoms with Gasteiger partial charge in [0.15, 0.2) is 6.10 Å². The van der Waals surface area contributed by atoms with E-state index in [1.54, 1.807) is 0 Å². The van der Waals surface area contributed by atoms with Crippen molar-refractivity contribution in [2.45, 2.75) is 26.9 Å². The third kappa shape index (κ3) is 3.22. The monoisotopic (exact) mass is 233 g/mol. The number of hydrogen-bond donors (Lipinski definition) is 0. The van der Waals surface area contributed by atoms with Crippen LogP contribution in [0.4, 0.5) is 0 Å². The summed E-state index contributed by atoms with van der Waals surface area (Å²) in [5.74, 6) is -0.421. The molecule has 0 aliphatic heterocycles. The molecule has 0 saturated heterocycles. The zero-order chi connectivity index (χ0) is 9.78. The molecule has 3 nitrogen and oxygen atoms in total. The van der Waals surface area contributed by atoms with Gasteiger partial charge >= 0.3 is 5.97 Å². The van der Waals surface area contributed by atoms with E-state index in [4.69, 9.17) is 10.00 Å². The lowest BCUT2D eigenvalue weighted by Crippen LogP contribution is -2.33. The van der Waals surface area contributed by atoms with Crippen LogP contribution in [-0.4, -0.2) is 17.4 Å². The van der Waals surface area contributed by atoms with Crippen molar-refractivity contribution in [3.05, 3.63) is 0 Å². The Morgan fingerprint density at radius 3 is 2.50 bits per heavy atom. The number of esters is 1. The molecule has 1 atom stereocenters. The summed E-state index contributed by atoms with van der Waals surface area (Å²) < 4.78 is 4.83. The summed E-state index contributed by atoms with van der Waals surface area (Å²) in [6.45, 7) is 5.02. The molecule has 0 N–H and O–H groups in total. The highest BCUT2D eigenvalue weighted by atomic mass is 79.9. The van der Waals surface area contributed by atoms with Crippen molar-refractivity contribution in [1.82, 2.24) is 0 Å². The van der Waals surface area contributed by atoms with E-state index >= 15 is 0 Å². The molecule has 0 amide bonds. The van der Waals surface area contributed by atoms with Crippen LogP contribution >= 0.6 is 15.9 Å². The first-order valence-electron chi connectivity index (χ1n) is 3.57. The first kappa shape index (κ1) is 11.4. The fourth-order valence-corrected chi connectivity index (χ4v) is 0.891. The van der Waals surface area contributed by atoms with Gasteiger partial charge in [-0.05, 0) is 0 Å². The number of hydrogen-bond acceptors (Lipinski definition) is 3. The van der Waals surface area contributed by atoms with Gasteiger partial charge in [-0.15, -0.1) is 0 Å². The Kier molecular flexibility index (Phi) is 4.25. The van der Waals surface area contributed by atoms with Gasteiger partial charge in [-0.3, -0.25) is 4.79 Å². The Bertz CT molecular complexity index is 208. The maximum atomic E-state index is 10.6. The van der Waals surface area contributed by atoms with Crippen molar-refractivity contribution in [1.29, 1.82) is 5.26 Å². The van der Waals surface area contributed by atoms with Crippen LogP contribution in [0.2, 0.25) is 0 Å². The van der Waals surface area contributed by atoms with Crippen LogP contribution in [0, 0.1) is 16.7 Å². The summed E-state index contributed by atoms with van der Waals surface area (Å²) in [6.07, 6.45) is -0.686. The van der Waals surface area contributed by atoms with E-state index in [-0.39, 0.29) is 5.41 Å². The fraction of sp³-hybridized carbons (Fsp3) is 0.750. The van der Waals surface area contributed by atoms with Crippen LogP contribution in [0.5, 0.6) is 0 Å². The first-order chi connectivity index (χ1) is 5.44. The van der Waals surface area contributed by atoms with Gasteiger partial charge in [0.1, 0.15) is 6.07 Å². The van der Waals surface area contributed by atoms with Crippen LogP contribution in [0.25, 0.3) is 0 Å². The highest BCUT2D eigenvalue weighted by molar-refractivity contribution is 9.09. The summed E-state index contributed by atoms with van der Waals surface area (Å²) in [7, 11) is 0. The molecule has 68 valence electrons. The molecule has 0 fully saturated rings. The van der Waals surface area contributed by atoms with Crippen molar-refractivity contribution in [3.8, 4) is 6.07 Å². The molecule has 12 heavy (non-hydrogen) atoms.